The number of phenols is 3. The van der Waals surface area contributed by atoms with E-state index in [1.165, 1.54) is 46.3 Å². The number of nitrogens with zero attached hydrogens (tertiary/aromatic N) is 8. The van der Waals surface area contributed by atoms with Gasteiger partial charge in [0.1, 0.15) is 29.9 Å². The molecule has 0 saturated carbocycles. The molecule has 13 heteroatoms. The van der Waals surface area contributed by atoms with Crippen LogP contribution in [0.15, 0.2) is 83.5 Å². The Morgan fingerprint density at radius 1 is 0.684 bits per heavy atom. The summed E-state index contributed by atoms with van der Waals surface area (Å²) in [5.74, 6) is -0.296. The first-order valence-electron chi connectivity index (χ1n) is 11.2. The Bertz CT molecular complexity index is 1540. The number of hydrogen-bond acceptors (Lipinski definition) is 11. The molecule has 2 aromatic heterocycles. The summed E-state index contributed by atoms with van der Waals surface area (Å²) >= 11 is 0. The summed E-state index contributed by atoms with van der Waals surface area (Å²) in [7, 11) is 0. The topological polar surface area (TPSA) is 199 Å². The number of anilines is 2. The van der Waals surface area contributed by atoms with E-state index in [4.69, 9.17) is 11.5 Å². The van der Waals surface area contributed by atoms with Crippen molar-refractivity contribution in [2.75, 3.05) is 11.5 Å². The van der Waals surface area contributed by atoms with Gasteiger partial charge in [-0.15, -0.1) is 20.4 Å². The van der Waals surface area contributed by atoms with Crippen LogP contribution in [0.25, 0.3) is 0 Å². The Hall–Kier alpha value is -5.72. The third kappa shape index (κ3) is 4.97. The minimum atomic E-state index is -0.628. The lowest BCUT2D eigenvalue weighted by Crippen LogP contribution is -2.06. The summed E-state index contributed by atoms with van der Waals surface area (Å²) in [6.07, 6.45) is 5.82. The van der Waals surface area contributed by atoms with Gasteiger partial charge >= 0.3 is 0 Å². The number of aromatic nitrogens is 6. The minimum absolute atomic E-state index is 0.000213. The fourth-order valence-corrected chi connectivity index (χ4v) is 3.88. The van der Waals surface area contributed by atoms with Crippen LogP contribution in [0, 0.1) is 0 Å². The van der Waals surface area contributed by atoms with Crippen LogP contribution in [0.3, 0.4) is 0 Å². The van der Waals surface area contributed by atoms with E-state index in [1.54, 1.807) is 48.8 Å². The van der Waals surface area contributed by atoms with Crippen molar-refractivity contribution in [1.82, 2.24) is 29.7 Å². The molecule has 5 rings (SSSR count). The Balaban J connectivity index is 1.60. The molecular formula is C25H22N10O3. The Morgan fingerprint density at radius 3 is 1.58 bits per heavy atom. The van der Waals surface area contributed by atoms with Crippen LogP contribution in [0.2, 0.25) is 0 Å². The molecule has 0 bridgehead atoms. The molecule has 0 atom stereocenters. The van der Waals surface area contributed by atoms with Crippen LogP contribution in [0.5, 0.6) is 17.2 Å². The van der Waals surface area contributed by atoms with Crippen molar-refractivity contribution in [3.8, 4) is 17.2 Å². The van der Waals surface area contributed by atoms with Crippen molar-refractivity contribution in [3.05, 3.63) is 101 Å². The number of nitrogen functional groups attached to an aromatic ring is 2. The lowest BCUT2D eigenvalue weighted by molar-refractivity contribution is 0.458. The van der Waals surface area contributed by atoms with Crippen molar-refractivity contribution in [2.45, 2.75) is 5.92 Å². The first kappa shape index (κ1) is 24.0. The summed E-state index contributed by atoms with van der Waals surface area (Å²) < 4.78 is 2.61. The van der Waals surface area contributed by atoms with Crippen LogP contribution in [0.4, 0.5) is 11.9 Å². The highest BCUT2D eigenvalue weighted by Crippen LogP contribution is 2.41. The molecular weight excluding hydrogens is 488 g/mol. The largest absolute Gasteiger partial charge is 0.508 e. The molecule has 0 radical (unpaired) electrons. The van der Waals surface area contributed by atoms with Gasteiger partial charge < -0.3 is 26.8 Å². The van der Waals surface area contributed by atoms with E-state index in [1.807, 2.05) is 0 Å². The summed E-state index contributed by atoms with van der Waals surface area (Å²) in [4.78, 5) is 0. The van der Waals surface area contributed by atoms with Crippen molar-refractivity contribution in [1.29, 1.82) is 0 Å². The Kier molecular flexibility index (Phi) is 6.38. The van der Waals surface area contributed by atoms with Crippen LogP contribution in [0.1, 0.15) is 33.7 Å². The van der Waals surface area contributed by atoms with E-state index in [9.17, 15) is 15.3 Å². The second kappa shape index (κ2) is 10.1. The molecule has 0 saturated heterocycles. The minimum Gasteiger partial charge on any atom is -0.508 e. The molecule has 190 valence electrons. The average Bonchev–Trinajstić information content (AvgIpc) is 3.52. The maximum Gasteiger partial charge on any atom is 0.242 e. The fraction of sp³-hybridized carbons (Fsp3) is 0.0400. The standard InChI is InChI=1S/C25H22N10O3/c26-24-32-28-13-34(24)30-11-15-1-7-21(37)19(9-15)23(17-3-5-18(36)6-4-17)20-10-16(2-8-22(20)38)12-31-35-14-29-33-25(35)27/h1-14,23,36-38H,(H2,26,32)(H2,27,33)/b30-11+,31-12+. The van der Waals surface area contributed by atoms with Gasteiger partial charge in [-0.05, 0) is 65.2 Å². The predicted molar refractivity (Wildman–Crippen MR) is 140 cm³/mol. The number of benzene rings is 3. The molecule has 38 heavy (non-hydrogen) atoms. The van der Waals surface area contributed by atoms with Gasteiger partial charge in [0.25, 0.3) is 0 Å². The lowest BCUT2D eigenvalue weighted by atomic mass is 9.83. The number of rotatable bonds is 7. The molecule has 0 aliphatic carbocycles. The molecule has 5 aromatic rings. The van der Waals surface area contributed by atoms with Crippen LogP contribution < -0.4 is 11.5 Å². The second-order valence-corrected chi connectivity index (χ2v) is 8.22. The van der Waals surface area contributed by atoms with Gasteiger partial charge in [-0.2, -0.15) is 19.6 Å². The third-order valence-corrected chi connectivity index (χ3v) is 5.73. The average molecular weight is 511 g/mol. The zero-order valence-electron chi connectivity index (χ0n) is 19.7. The Labute approximate surface area is 215 Å². The molecule has 0 unspecified atom stereocenters. The fourth-order valence-electron chi connectivity index (χ4n) is 3.88. The van der Waals surface area contributed by atoms with Crippen molar-refractivity contribution >= 4 is 24.3 Å². The lowest BCUT2D eigenvalue weighted by Gasteiger charge is -2.22. The van der Waals surface area contributed by atoms with Gasteiger partial charge in [-0.1, -0.05) is 12.1 Å². The maximum atomic E-state index is 10.9. The van der Waals surface area contributed by atoms with E-state index in [0.29, 0.717) is 27.8 Å². The summed E-state index contributed by atoms with van der Waals surface area (Å²) in [5.41, 5.74) is 14.4. The van der Waals surface area contributed by atoms with Crippen molar-refractivity contribution in [2.24, 2.45) is 10.2 Å². The maximum absolute atomic E-state index is 10.9. The number of hydrogen-bond donors (Lipinski definition) is 5. The molecule has 0 amide bonds. The van der Waals surface area contributed by atoms with E-state index in [2.05, 4.69) is 30.6 Å². The summed E-state index contributed by atoms with van der Waals surface area (Å²) in [5, 5.41) is 55.0. The van der Waals surface area contributed by atoms with Crippen molar-refractivity contribution < 1.29 is 15.3 Å². The molecule has 0 aliphatic rings. The summed E-state index contributed by atoms with van der Waals surface area (Å²) in [6, 6.07) is 16.4. The molecule has 2 heterocycles. The van der Waals surface area contributed by atoms with E-state index < -0.39 is 5.92 Å². The number of aromatic hydroxyl groups is 3. The SMILES string of the molecule is Nc1nncn1/N=C/c1ccc(O)c(C(c2ccc(O)cc2)c2cc(/C=N/n3cnnc3N)ccc2O)c1. The van der Waals surface area contributed by atoms with Crippen molar-refractivity contribution in [3.63, 3.8) is 0 Å². The van der Waals surface area contributed by atoms with E-state index in [-0.39, 0.29) is 29.1 Å². The zero-order chi connectivity index (χ0) is 26.6. The van der Waals surface area contributed by atoms with Crippen LogP contribution in [-0.4, -0.2) is 57.5 Å². The molecule has 7 N–H and O–H groups in total. The highest BCUT2D eigenvalue weighted by atomic mass is 16.3. The van der Waals surface area contributed by atoms with Gasteiger partial charge in [0.2, 0.25) is 11.9 Å². The van der Waals surface area contributed by atoms with Gasteiger partial charge in [-0.25, -0.2) is 0 Å². The van der Waals surface area contributed by atoms with E-state index >= 15 is 0 Å². The molecule has 13 nitrogen and oxygen atoms in total. The first-order chi connectivity index (χ1) is 18.4. The monoisotopic (exact) mass is 510 g/mol. The van der Waals surface area contributed by atoms with Gasteiger partial charge in [0.15, 0.2) is 0 Å². The zero-order valence-corrected chi connectivity index (χ0v) is 19.7. The van der Waals surface area contributed by atoms with Gasteiger partial charge in [-0.3, -0.25) is 0 Å². The molecule has 3 aromatic carbocycles. The highest BCUT2D eigenvalue weighted by molar-refractivity contribution is 5.82. The molecule has 0 spiro atoms. The van der Waals surface area contributed by atoms with Gasteiger partial charge in [0, 0.05) is 17.0 Å². The quantitative estimate of drug-likeness (QED) is 0.161. The van der Waals surface area contributed by atoms with Crippen LogP contribution in [-0.2, 0) is 0 Å². The number of nitrogens with two attached hydrogens (primary N) is 2. The van der Waals surface area contributed by atoms with E-state index in [0.717, 1.165) is 0 Å². The molecule has 0 fully saturated rings. The van der Waals surface area contributed by atoms with Gasteiger partial charge in [0.05, 0.1) is 12.4 Å². The summed E-state index contributed by atoms with van der Waals surface area (Å²) in [6.45, 7) is 0. The third-order valence-electron chi connectivity index (χ3n) is 5.73. The first-order valence-corrected chi connectivity index (χ1v) is 11.2. The predicted octanol–water partition coefficient (Wildman–Crippen LogP) is 2.10. The number of phenolic OH excluding ortho intramolecular Hbond substituents is 3. The molecule has 0 aliphatic heterocycles. The highest BCUT2D eigenvalue weighted by Gasteiger charge is 2.24. The van der Waals surface area contributed by atoms with Crippen LogP contribution >= 0.6 is 0 Å². The smallest absolute Gasteiger partial charge is 0.242 e. The normalized spacial score (nSPS) is 11.7. The second-order valence-electron chi connectivity index (χ2n) is 8.22. The Morgan fingerprint density at radius 2 is 1.16 bits per heavy atom.